The minimum atomic E-state index is 0.0497. The molecule has 0 radical (unpaired) electrons. The SMILES string of the molecule is CC(c1ccccc1)n1c(C(=O)NC2CC2)cc2sccc21. The molecule has 2 heterocycles. The van der Waals surface area contributed by atoms with Crippen LogP contribution in [0.3, 0.4) is 0 Å². The molecule has 0 saturated heterocycles. The van der Waals surface area contributed by atoms with Crippen molar-refractivity contribution in [3.63, 3.8) is 0 Å². The summed E-state index contributed by atoms with van der Waals surface area (Å²) in [6, 6.07) is 15.0. The van der Waals surface area contributed by atoms with Crippen molar-refractivity contribution in [2.75, 3.05) is 0 Å². The van der Waals surface area contributed by atoms with Gasteiger partial charge in [-0.3, -0.25) is 4.79 Å². The molecule has 4 heteroatoms. The Kier molecular flexibility index (Phi) is 3.26. The number of carbonyl (C=O) groups is 1. The molecule has 1 N–H and O–H groups in total. The number of thiophene rings is 1. The number of benzene rings is 1. The molecule has 1 amide bonds. The third-order valence-electron chi connectivity index (χ3n) is 4.27. The monoisotopic (exact) mass is 310 g/mol. The Balaban J connectivity index is 1.79. The summed E-state index contributed by atoms with van der Waals surface area (Å²) in [5.41, 5.74) is 3.12. The highest BCUT2D eigenvalue weighted by Gasteiger charge is 2.27. The van der Waals surface area contributed by atoms with E-state index in [2.05, 4.69) is 40.4 Å². The Hall–Kier alpha value is -2.07. The van der Waals surface area contributed by atoms with Gasteiger partial charge in [0.05, 0.1) is 16.3 Å². The summed E-state index contributed by atoms with van der Waals surface area (Å²) in [6.07, 6.45) is 2.21. The van der Waals surface area contributed by atoms with Crippen LogP contribution in [0.4, 0.5) is 0 Å². The topological polar surface area (TPSA) is 34.0 Å². The van der Waals surface area contributed by atoms with E-state index in [0.717, 1.165) is 24.1 Å². The zero-order chi connectivity index (χ0) is 15.1. The average Bonchev–Trinajstić information content (AvgIpc) is 3.10. The Morgan fingerprint density at radius 3 is 2.77 bits per heavy atom. The van der Waals surface area contributed by atoms with Gasteiger partial charge in [-0.1, -0.05) is 30.3 Å². The van der Waals surface area contributed by atoms with E-state index in [-0.39, 0.29) is 11.9 Å². The summed E-state index contributed by atoms with van der Waals surface area (Å²) in [5.74, 6) is 0.0497. The predicted octanol–water partition coefficient (Wildman–Crippen LogP) is 4.20. The van der Waals surface area contributed by atoms with Gasteiger partial charge < -0.3 is 9.88 Å². The molecule has 0 bridgehead atoms. The second kappa shape index (κ2) is 5.29. The highest BCUT2D eigenvalue weighted by Crippen LogP contribution is 2.31. The molecule has 1 aliphatic carbocycles. The van der Waals surface area contributed by atoms with Crippen molar-refractivity contribution >= 4 is 27.5 Å². The zero-order valence-electron chi connectivity index (χ0n) is 12.5. The van der Waals surface area contributed by atoms with Crippen LogP contribution in [0.5, 0.6) is 0 Å². The number of carbonyl (C=O) groups excluding carboxylic acids is 1. The van der Waals surface area contributed by atoms with Gasteiger partial charge in [-0.05, 0) is 42.8 Å². The van der Waals surface area contributed by atoms with Crippen LogP contribution in [-0.4, -0.2) is 16.5 Å². The van der Waals surface area contributed by atoms with E-state index in [1.54, 1.807) is 11.3 Å². The van der Waals surface area contributed by atoms with E-state index >= 15 is 0 Å². The quantitative estimate of drug-likeness (QED) is 0.770. The van der Waals surface area contributed by atoms with Gasteiger partial charge in [0.15, 0.2) is 0 Å². The molecule has 2 aromatic heterocycles. The van der Waals surface area contributed by atoms with Crippen LogP contribution < -0.4 is 5.32 Å². The lowest BCUT2D eigenvalue weighted by Crippen LogP contribution is -2.28. The Morgan fingerprint density at radius 2 is 2.05 bits per heavy atom. The van der Waals surface area contributed by atoms with Crippen LogP contribution in [0.1, 0.15) is 41.9 Å². The average molecular weight is 310 g/mol. The minimum absolute atomic E-state index is 0.0497. The molecule has 1 fully saturated rings. The first kappa shape index (κ1) is 13.6. The molecule has 0 aliphatic heterocycles. The third-order valence-corrected chi connectivity index (χ3v) is 5.13. The second-order valence-electron chi connectivity index (χ2n) is 5.90. The first-order valence-corrected chi connectivity index (χ1v) is 8.56. The molecule has 1 atom stereocenters. The number of rotatable bonds is 4. The fraction of sp³-hybridized carbons (Fsp3) is 0.278. The molecule has 1 unspecified atom stereocenters. The lowest BCUT2D eigenvalue weighted by molar-refractivity contribution is 0.0941. The molecular weight excluding hydrogens is 292 g/mol. The molecule has 3 nitrogen and oxygen atoms in total. The Bertz CT molecular complexity index is 814. The van der Waals surface area contributed by atoms with Crippen molar-refractivity contribution in [1.82, 2.24) is 9.88 Å². The van der Waals surface area contributed by atoms with E-state index in [1.165, 1.54) is 10.3 Å². The minimum Gasteiger partial charge on any atom is -0.348 e. The van der Waals surface area contributed by atoms with Gasteiger partial charge in [0, 0.05) is 6.04 Å². The number of aromatic nitrogens is 1. The van der Waals surface area contributed by atoms with Crippen LogP contribution >= 0.6 is 11.3 Å². The summed E-state index contributed by atoms with van der Waals surface area (Å²) in [5, 5.41) is 5.20. The van der Waals surface area contributed by atoms with E-state index in [1.807, 2.05) is 24.3 Å². The van der Waals surface area contributed by atoms with Crippen molar-refractivity contribution in [3.8, 4) is 0 Å². The van der Waals surface area contributed by atoms with E-state index in [0.29, 0.717) is 6.04 Å². The number of fused-ring (bicyclic) bond motifs is 1. The van der Waals surface area contributed by atoms with E-state index in [9.17, 15) is 4.79 Å². The molecule has 0 spiro atoms. The first-order valence-electron chi connectivity index (χ1n) is 7.68. The second-order valence-corrected chi connectivity index (χ2v) is 6.85. The van der Waals surface area contributed by atoms with Gasteiger partial charge in [-0.25, -0.2) is 0 Å². The van der Waals surface area contributed by atoms with Gasteiger partial charge >= 0.3 is 0 Å². The Labute approximate surface area is 133 Å². The van der Waals surface area contributed by atoms with Crippen molar-refractivity contribution in [2.24, 2.45) is 0 Å². The summed E-state index contributed by atoms with van der Waals surface area (Å²) < 4.78 is 3.34. The molecule has 3 aromatic rings. The molecule has 1 saturated carbocycles. The van der Waals surface area contributed by atoms with Gasteiger partial charge in [0.1, 0.15) is 5.69 Å². The predicted molar refractivity (Wildman–Crippen MR) is 90.6 cm³/mol. The number of hydrogen-bond donors (Lipinski definition) is 1. The van der Waals surface area contributed by atoms with Crippen LogP contribution in [-0.2, 0) is 0 Å². The van der Waals surface area contributed by atoms with Crippen LogP contribution in [0, 0.1) is 0 Å². The lowest BCUT2D eigenvalue weighted by atomic mass is 10.1. The molecule has 112 valence electrons. The maximum absolute atomic E-state index is 12.6. The molecule has 1 aromatic carbocycles. The van der Waals surface area contributed by atoms with Crippen LogP contribution in [0.25, 0.3) is 10.2 Å². The van der Waals surface area contributed by atoms with Crippen molar-refractivity contribution in [3.05, 3.63) is 59.1 Å². The van der Waals surface area contributed by atoms with Crippen LogP contribution in [0.15, 0.2) is 47.8 Å². The maximum Gasteiger partial charge on any atom is 0.268 e. The fourth-order valence-corrected chi connectivity index (χ4v) is 3.71. The van der Waals surface area contributed by atoms with E-state index < -0.39 is 0 Å². The van der Waals surface area contributed by atoms with Crippen molar-refractivity contribution in [2.45, 2.75) is 31.8 Å². The zero-order valence-corrected chi connectivity index (χ0v) is 13.3. The Morgan fingerprint density at radius 1 is 1.27 bits per heavy atom. The van der Waals surface area contributed by atoms with Gasteiger partial charge in [0.25, 0.3) is 5.91 Å². The van der Waals surface area contributed by atoms with Crippen molar-refractivity contribution < 1.29 is 4.79 Å². The molecule has 22 heavy (non-hydrogen) atoms. The maximum atomic E-state index is 12.6. The van der Waals surface area contributed by atoms with Gasteiger partial charge in [-0.2, -0.15) is 0 Å². The van der Waals surface area contributed by atoms with E-state index in [4.69, 9.17) is 0 Å². The first-order chi connectivity index (χ1) is 10.7. The number of nitrogens with one attached hydrogen (secondary N) is 1. The number of nitrogens with zero attached hydrogens (tertiary/aromatic N) is 1. The number of amides is 1. The molecule has 1 aliphatic rings. The highest BCUT2D eigenvalue weighted by molar-refractivity contribution is 7.17. The standard InChI is InChI=1S/C18H18N2OS/c1-12(13-5-3-2-4-6-13)20-15-9-10-22-17(15)11-16(20)18(21)19-14-7-8-14/h2-6,9-12,14H,7-8H2,1H3,(H,19,21). The highest BCUT2D eigenvalue weighted by atomic mass is 32.1. The molecular formula is C18H18N2OS. The van der Waals surface area contributed by atoms with Gasteiger partial charge in [-0.15, -0.1) is 11.3 Å². The summed E-state index contributed by atoms with van der Waals surface area (Å²) in [7, 11) is 0. The third kappa shape index (κ3) is 2.33. The normalized spacial score (nSPS) is 15.9. The lowest BCUT2D eigenvalue weighted by Gasteiger charge is -2.18. The van der Waals surface area contributed by atoms with Gasteiger partial charge in [0.2, 0.25) is 0 Å². The molecule has 4 rings (SSSR count). The van der Waals surface area contributed by atoms with Crippen LogP contribution in [0.2, 0.25) is 0 Å². The summed E-state index contributed by atoms with van der Waals surface area (Å²) >= 11 is 1.69. The largest absolute Gasteiger partial charge is 0.348 e. The summed E-state index contributed by atoms with van der Waals surface area (Å²) in [6.45, 7) is 2.15. The fourth-order valence-electron chi connectivity index (χ4n) is 2.90. The summed E-state index contributed by atoms with van der Waals surface area (Å²) in [4.78, 5) is 12.6. The number of hydrogen-bond acceptors (Lipinski definition) is 2. The smallest absolute Gasteiger partial charge is 0.268 e. The van der Waals surface area contributed by atoms with Crippen molar-refractivity contribution in [1.29, 1.82) is 0 Å².